The number of pyridine rings is 1. The number of hydrogen-bond donors (Lipinski definition) is 0. The van der Waals surface area contributed by atoms with Crippen LogP contribution < -0.4 is 0 Å². The molecule has 0 aliphatic carbocycles. The quantitative estimate of drug-likeness (QED) is 0.548. The zero-order valence-electron chi connectivity index (χ0n) is 13.4. The zero-order chi connectivity index (χ0) is 16.6. The number of benzene rings is 1. The number of nitrogens with zero attached hydrogens (tertiary/aromatic N) is 4. The summed E-state index contributed by atoms with van der Waals surface area (Å²) in [4.78, 5) is 17.2. The average molecular weight is 310 g/mol. The summed E-state index contributed by atoms with van der Waals surface area (Å²) >= 11 is 0. The van der Waals surface area contributed by atoms with E-state index in [1.165, 1.54) is 12.1 Å². The highest BCUT2D eigenvalue weighted by Crippen LogP contribution is 2.27. The van der Waals surface area contributed by atoms with Gasteiger partial charge in [-0.2, -0.15) is 0 Å². The van der Waals surface area contributed by atoms with Crippen molar-refractivity contribution in [3.05, 3.63) is 64.0 Å². The standard InChI is InChI=1S/C17H18N4O2/c1-12-8-9-20-15(11-19(2)3)17(18-16(20)10-12)13-4-6-14(7-5-13)21(22)23/h4-10H,11H2,1-3H3. The molecule has 0 fully saturated rings. The van der Waals surface area contributed by atoms with Crippen molar-refractivity contribution in [2.24, 2.45) is 0 Å². The van der Waals surface area contributed by atoms with Gasteiger partial charge in [0.15, 0.2) is 0 Å². The molecular formula is C17H18N4O2. The molecule has 23 heavy (non-hydrogen) atoms. The van der Waals surface area contributed by atoms with Gasteiger partial charge in [-0.15, -0.1) is 0 Å². The van der Waals surface area contributed by atoms with Gasteiger partial charge in [-0.3, -0.25) is 10.1 Å². The third-order valence-electron chi connectivity index (χ3n) is 3.70. The molecule has 3 rings (SSSR count). The van der Waals surface area contributed by atoms with Gasteiger partial charge in [0.25, 0.3) is 5.69 Å². The normalized spacial score (nSPS) is 11.3. The van der Waals surface area contributed by atoms with Crippen LogP contribution in [0.4, 0.5) is 5.69 Å². The summed E-state index contributed by atoms with van der Waals surface area (Å²) < 4.78 is 2.07. The maximum atomic E-state index is 10.8. The largest absolute Gasteiger partial charge is 0.304 e. The second kappa shape index (κ2) is 5.81. The molecule has 0 amide bonds. The first-order valence-corrected chi connectivity index (χ1v) is 7.33. The molecule has 2 aromatic heterocycles. The van der Waals surface area contributed by atoms with E-state index in [0.29, 0.717) is 0 Å². The van der Waals surface area contributed by atoms with Crippen LogP contribution in [0.5, 0.6) is 0 Å². The molecule has 2 heterocycles. The van der Waals surface area contributed by atoms with Gasteiger partial charge in [0.1, 0.15) is 5.65 Å². The topological polar surface area (TPSA) is 63.7 Å². The van der Waals surface area contributed by atoms with Gasteiger partial charge in [0.05, 0.1) is 16.3 Å². The Morgan fingerprint density at radius 3 is 2.52 bits per heavy atom. The SMILES string of the molecule is Cc1ccn2c(CN(C)C)c(-c3ccc([N+](=O)[O-])cc3)nc2c1. The molecular weight excluding hydrogens is 292 g/mol. The van der Waals surface area contributed by atoms with E-state index in [-0.39, 0.29) is 5.69 Å². The number of aromatic nitrogens is 2. The van der Waals surface area contributed by atoms with Crippen molar-refractivity contribution in [2.45, 2.75) is 13.5 Å². The molecule has 0 aliphatic heterocycles. The van der Waals surface area contributed by atoms with Gasteiger partial charge in [0, 0.05) is 30.4 Å². The smallest absolute Gasteiger partial charge is 0.269 e. The van der Waals surface area contributed by atoms with Crippen LogP contribution in [0.3, 0.4) is 0 Å². The Balaban J connectivity index is 2.16. The summed E-state index contributed by atoms with van der Waals surface area (Å²) in [6.45, 7) is 2.77. The van der Waals surface area contributed by atoms with Gasteiger partial charge < -0.3 is 9.30 Å². The molecule has 0 unspecified atom stereocenters. The molecule has 6 heteroatoms. The summed E-state index contributed by atoms with van der Waals surface area (Å²) in [6, 6.07) is 10.6. The maximum absolute atomic E-state index is 10.8. The number of non-ortho nitro benzene ring substituents is 1. The average Bonchev–Trinajstić information content (AvgIpc) is 2.84. The van der Waals surface area contributed by atoms with Crippen LogP contribution in [0.2, 0.25) is 0 Å². The van der Waals surface area contributed by atoms with E-state index in [0.717, 1.165) is 34.7 Å². The molecule has 118 valence electrons. The van der Waals surface area contributed by atoms with Gasteiger partial charge in [0.2, 0.25) is 0 Å². The van der Waals surface area contributed by atoms with E-state index >= 15 is 0 Å². The molecule has 0 saturated carbocycles. The van der Waals surface area contributed by atoms with Crippen molar-refractivity contribution < 1.29 is 4.92 Å². The molecule has 0 N–H and O–H groups in total. The molecule has 1 aromatic carbocycles. The fourth-order valence-electron chi connectivity index (χ4n) is 2.62. The number of aryl methyl sites for hydroxylation is 1. The number of hydrogen-bond acceptors (Lipinski definition) is 4. The van der Waals surface area contributed by atoms with Crippen molar-refractivity contribution >= 4 is 11.3 Å². The van der Waals surface area contributed by atoms with Crippen LogP contribution in [0.1, 0.15) is 11.3 Å². The first-order valence-electron chi connectivity index (χ1n) is 7.33. The monoisotopic (exact) mass is 310 g/mol. The Hall–Kier alpha value is -2.73. The van der Waals surface area contributed by atoms with Crippen molar-refractivity contribution in [2.75, 3.05) is 14.1 Å². The minimum Gasteiger partial charge on any atom is -0.304 e. The summed E-state index contributed by atoms with van der Waals surface area (Å²) in [5, 5.41) is 10.8. The fourth-order valence-corrected chi connectivity index (χ4v) is 2.62. The highest BCUT2D eigenvalue weighted by molar-refractivity contribution is 5.68. The van der Waals surface area contributed by atoms with Crippen molar-refractivity contribution in [3.8, 4) is 11.3 Å². The van der Waals surface area contributed by atoms with Gasteiger partial charge in [-0.05, 0) is 50.8 Å². The van der Waals surface area contributed by atoms with Gasteiger partial charge >= 0.3 is 0 Å². The number of rotatable bonds is 4. The van der Waals surface area contributed by atoms with E-state index in [9.17, 15) is 10.1 Å². The van der Waals surface area contributed by atoms with Crippen LogP contribution in [-0.2, 0) is 6.54 Å². The lowest BCUT2D eigenvalue weighted by Crippen LogP contribution is -2.13. The number of nitro groups is 1. The van der Waals surface area contributed by atoms with Crippen LogP contribution in [0.25, 0.3) is 16.9 Å². The highest BCUT2D eigenvalue weighted by Gasteiger charge is 2.16. The van der Waals surface area contributed by atoms with Crippen molar-refractivity contribution in [3.63, 3.8) is 0 Å². The Bertz CT molecular complexity index is 866. The molecule has 0 spiro atoms. The van der Waals surface area contributed by atoms with Crippen LogP contribution in [0.15, 0.2) is 42.6 Å². The predicted octanol–water partition coefficient (Wildman–Crippen LogP) is 3.28. The first kappa shape index (κ1) is 15.2. The molecule has 3 aromatic rings. The Morgan fingerprint density at radius 2 is 1.91 bits per heavy atom. The number of imidazole rings is 1. The molecule has 0 radical (unpaired) electrons. The number of nitro benzene ring substituents is 1. The molecule has 6 nitrogen and oxygen atoms in total. The second-order valence-corrected chi connectivity index (χ2v) is 5.88. The van der Waals surface area contributed by atoms with Crippen molar-refractivity contribution in [1.82, 2.24) is 14.3 Å². The van der Waals surface area contributed by atoms with Crippen LogP contribution in [0, 0.1) is 17.0 Å². The van der Waals surface area contributed by atoms with Crippen molar-refractivity contribution in [1.29, 1.82) is 0 Å². The van der Waals surface area contributed by atoms with Crippen LogP contribution in [-0.4, -0.2) is 33.3 Å². The lowest BCUT2D eigenvalue weighted by molar-refractivity contribution is -0.384. The minimum atomic E-state index is -0.391. The number of fused-ring (bicyclic) bond motifs is 1. The third-order valence-corrected chi connectivity index (χ3v) is 3.70. The zero-order valence-corrected chi connectivity index (χ0v) is 13.4. The summed E-state index contributed by atoms with van der Waals surface area (Å²) in [6.07, 6.45) is 2.02. The second-order valence-electron chi connectivity index (χ2n) is 5.88. The fraction of sp³-hybridized carbons (Fsp3) is 0.235. The van der Waals surface area contributed by atoms with E-state index in [1.54, 1.807) is 12.1 Å². The summed E-state index contributed by atoms with van der Waals surface area (Å²) in [7, 11) is 4.01. The van der Waals surface area contributed by atoms with E-state index in [4.69, 9.17) is 4.98 Å². The van der Waals surface area contributed by atoms with Gasteiger partial charge in [-0.25, -0.2) is 4.98 Å². The summed E-state index contributed by atoms with van der Waals surface area (Å²) in [5.74, 6) is 0. The lowest BCUT2D eigenvalue weighted by atomic mass is 10.1. The van der Waals surface area contributed by atoms with Crippen LogP contribution >= 0.6 is 0 Å². The third kappa shape index (κ3) is 2.93. The van der Waals surface area contributed by atoms with E-state index in [1.807, 2.05) is 39.3 Å². The van der Waals surface area contributed by atoms with E-state index in [2.05, 4.69) is 9.30 Å². The van der Waals surface area contributed by atoms with E-state index < -0.39 is 4.92 Å². The Labute approximate surface area is 134 Å². The molecule has 0 bridgehead atoms. The Kier molecular flexibility index (Phi) is 3.83. The highest BCUT2D eigenvalue weighted by atomic mass is 16.6. The molecule has 0 atom stereocenters. The predicted molar refractivity (Wildman–Crippen MR) is 89.4 cm³/mol. The Morgan fingerprint density at radius 1 is 1.22 bits per heavy atom. The lowest BCUT2D eigenvalue weighted by Gasteiger charge is -2.11. The molecule has 0 aliphatic rings. The molecule has 0 saturated heterocycles. The minimum absolute atomic E-state index is 0.0857. The van der Waals surface area contributed by atoms with Gasteiger partial charge in [-0.1, -0.05) is 0 Å². The summed E-state index contributed by atoms with van der Waals surface area (Å²) in [5.41, 5.74) is 4.93. The maximum Gasteiger partial charge on any atom is 0.269 e. The first-order chi connectivity index (χ1) is 11.0.